The van der Waals surface area contributed by atoms with Gasteiger partial charge in [-0.1, -0.05) is 146 Å². The fraction of sp³-hybridized carbons (Fsp3) is 0.738. The molecular weight excluding hydrogens is 709 g/mol. The van der Waals surface area contributed by atoms with Crippen LogP contribution in [-0.2, 0) is 32.7 Å². The molecule has 3 atom stereocenters. The first-order valence-electron chi connectivity index (χ1n) is 20.7. The smallest absolute Gasteiger partial charge is 0.472 e. The highest BCUT2D eigenvalue weighted by Gasteiger charge is 2.28. The van der Waals surface area contributed by atoms with Crippen molar-refractivity contribution in [2.75, 3.05) is 19.8 Å². The van der Waals surface area contributed by atoms with Gasteiger partial charge in [0, 0.05) is 12.8 Å². The van der Waals surface area contributed by atoms with Gasteiger partial charge in [0.1, 0.15) is 12.7 Å². The SMILES string of the molecule is CCCCC/C=C\C/C=C\C/C=C\C/C=C\CCCCCCCCCC(=O)OCC(O)COP(=O)(O)OCC(NC(=O)CCCCCCCCC)C(=O)O. The minimum atomic E-state index is -4.75. The van der Waals surface area contributed by atoms with Crippen molar-refractivity contribution in [1.82, 2.24) is 5.32 Å². The molecule has 1 amide bonds. The van der Waals surface area contributed by atoms with Crippen molar-refractivity contribution < 1.29 is 47.8 Å². The summed E-state index contributed by atoms with van der Waals surface area (Å²) in [7, 11) is -4.75. The van der Waals surface area contributed by atoms with Crippen LogP contribution in [0.5, 0.6) is 0 Å². The van der Waals surface area contributed by atoms with E-state index in [-0.39, 0.29) is 12.8 Å². The number of phosphoric ester groups is 1. The number of aliphatic hydroxyl groups is 1. The number of nitrogens with one attached hydrogen (secondary N) is 1. The number of amides is 1. The predicted octanol–water partition coefficient (Wildman–Crippen LogP) is 10.2. The van der Waals surface area contributed by atoms with Gasteiger partial charge in [-0.05, 0) is 57.8 Å². The molecule has 0 rings (SSSR count). The molecular formula is C42H74NO10P. The average molecular weight is 784 g/mol. The summed E-state index contributed by atoms with van der Waals surface area (Å²) in [6.45, 7) is 2.46. The Kier molecular flexibility index (Phi) is 35.6. The van der Waals surface area contributed by atoms with Gasteiger partial charge in [-0.3, -0.25) is 18.6 Å². The lowest BCUT2D eigenvalue weighted by atomic mass is 10.1. The number of hydrogen-bond acceptors (Lipinski definition) is 8. The Morgan fingerprint density at radius 1 is 0.593 bits per heavy atom. The van der Waals surface area contributed by atoms with Gasteiger partial charge in [0.05, 0.1) is 13.2 Å². The lowest BCUT2D eigenvalue weighted by Crippen LogP contribution is -2.43. The van der Waals surface area contributed by atoms with E-state index in [9.17, 15) is 34.1 Å². The summed E-state index contributed by atoms with van der Waals surface area (Å²) >= 11 is 0. The van der Waals surface area contributed by atoms with E-state index in [0.29, 0.717) is 12.8 Å². The Hall–Kier alpha value is -2.56. The van der Waals surface area contributed by atoms with Crippen molar-refractivity contribution in [3.63, 3.8) is 0 Å². The van der Waals surface area contributed by atoms with E-state index >= 15 is 0 Å². The standard InChI is InChI=1S/C42H74NO10P/c1-3-5-7-9-11-12-13-14-15-16-17-18-19-20-21-22-23-24-25-26-28-30-32-34-41(46)51-35-38(44)36-52-54(49,50)53-37-39(42(47)48)43-40(45)33-31-29-27-10-8-6-4-2/h11-12,14-15,17-18,20-21,38-39,44H,3-10,13,16,19,22-37H2,1-2H3,(H,43,45)(H,47,48)(H,49,50)/b12-11-,15-14-,18-17-,21-20-. The number of carboxylic acid groups (broad SMARTS) is 1. The number of esters is 1. The maximum absolute atomic E-state index is 12.2. The number of unbranched alkanes of at least 4 members (excludes halogenated alkanes) is 16. The second-order valence-electron chi connectivity index (χ2n) is 13.8. The van der Waals surface area contributed by atoms with E-state index < -0.39 is 57.6 Å². The number of phosphoric acid groups is 1. The Labute approximate surface area is 326 Å². The maximum Gasteiger partial charge on any atom is 0.472 e. The zero-order valence-corrected chi connectivity index (χ0v) is 34.4. The van der Waals surface area contributed by atoms with E-state index in [4.69, 9.17) is 13.8 Å². The Bertz CT molecular complexity index is 1110. The summed E-state index contributed by atoms with van der Waals surface area (Å²) in [5.41, 5.74) is 0. The Balaban J connectivity index is 3.85. The molecule has 4 N–H and O–H groups in total. The van der Waals surface area contributed by atoms with Gasteiger partial charge in [0.2, 0.25) is 5.91 Å². The summed E-state index contributed by atoms with van der Waals surface area (Å²) in [5, 5.41) is 21.7. The molecule has 0 aliphatic rings. The zero-order valence-electron chi connectivity index (χ0n) is 33.5. The van der Waals surface area contributed by atoms with Crippen LogP contribution < -0.4 is 5.32 Å². The summed E-state index contributed by atoms with van der Waals surface area (Å²) in [6.07, 6.45) is 40.3. The fourth-order valence-electron chi connectivity index (χ4n) is 5.36. The fourth-order valence-corrected chi connectivity index (χ4v) is 6.13. The molecule has 54 heavy (non-hydrogen) atoms. The lowest BCUT2D eigenvalue weighted by Gasteiger charge is -2.18. The van der Waals surface area contributed by atoms with E-state index in [0.717, 1.165) is 83.5 Å². The third-order valence-electron chi connectivity index (χ3n) is 8.62. The quantitative estimate of drug-likeness (QED) is 0.0205. The molecule has 11 nitrogen and oxygen atoms in total. The monoisotopic (exact) mass is 784 g/mol. The number of carbonyl (C=O) groups is 3. The molecule has 0 heterocycles. The minimum Gasteiger partial charge on any atom is -0.480 e. The van der Waals surface area contributed by atoms with Crippen molar-refractivity contribution in [2.45, 2.75) is 180 Å². The maximum atomic E-state index is 12.2. The van der Waals surface area contributed by atoms with Gasteiger partial charge in [-0.15, -0.1) is 0 Å². The van der Waals surface area contributed by atoms with E-state index in [1.165, 1.54) is 44.9 Å². The predicted molar refractivity (Wildman–Crippen MR) is 217 cm³/mol. The van der Waals surface area contributed by atoms with Gasteiger partial charge in [0.25, 0.3) is 0 Å². The summed E-state index contributed by atoms with van der Waals surface area (Å²) in [4.78, 5) is 45.5. The molecule has 0 radical (unpaired) electrons. The van der Waals surface area contributed by atoms with Crippen molar-refractivity contribution >= 4 is 25.7 Å². The van der Waals surface area contributed by atoms with E-state index in [1.54, 1.807) is 0 Å². The van der Waals surface area contributed by atoms with E-state index in [1.807, 2.05) is 0 Å². The van der Waals surface area contributed by atoms with Crippen LogP contribution >= 0.6 is 7.82 Å². The number of aliphatic carboxylic acids is 1. The van der Waals surface area contributed by atoms with Crippen LogP contribution in [0, 0.1) is 0 Å². The molecule has 0 aromatic heterocycles. The van der Waals surface area contributed by atoms with Crippen LogP contribution in [0.25, 0.3) is 0 Å². The second-order valence-corrected chi connectivity index (χ2v) is 15.3. The zero-order chi connectivity index (χ0) is 40.0. The van der Waals surface area contributed by atoms with Crippen LogP contribution in [0.2, 0.25) is 0 Å². The van der Waals surface area contributed by atoms with Crippen LogP contribution in [0.4, 0.5) is 0 Å². The first kappa shape index (κ1) is 51.4. The van der Waals surface area contributed by atoms with Crippen molar-refractivity contribution in [3.05, 3.63) is 48.6 Å². The highest BCUT2D eigenvalue weighted by Crippen LogP contribution is 2.43. The molecule has 0 saturated carbocycles. The number of carboxylic acids is 1. The highest BCUT2D eigenvalue weighted by atomic mass is 31.2. The molecule has 12 heteroatoms. The molecule has 0 aromatic rings. The number of ether oxygens (including phenoxy) is 1. The molecule has 0 fully saturated rings. The van der Waals surface area contributed by atoms with Crippen molar-refractivity contribution in [3.8, 4) is 0 Å². The normalized spacial score (nSPS) is 14.3. The molecule has 312 valence electrons. The molecule has 0 aromatic carbocycles. The van der Waals surface area contributed by atoms with Crippen LogP contribution in [0.15, 0.2) is 48.6 Å². The first-order chi connectivity index (χ1) is 26.1. The molecule has 0 bridgehead atoms. The van der Waals surface area contributed by atoms with Gasteiger partial charge in [-0.25, -0.2) is 9.36 Å². The first-order valence-corrected chi connectivity index (χ1v) is 22.2. The number of hydrogen-bond donors (Lipinski definition) is 4. The highest BCUT2D eigenvalue weighted by molar-refractivity contribution is 7.47. The van der Waals surface area contributed by atoms with Crippen LogP contribution in [-0.4, -0.2) is 64.9 Å². The number of allylic oxidation sites excluding steroid dienone is 8. The van der Waals surface area contributed by atoms with Gasteiger partial charge >= 0.3 is 19.8 Å². The number of rotatable bonds is 38. The minimum absolute atomic E-state index is 0.143. The third kappa shape index (κ3) is 36.4. The van der Waals surface area contributed by atoms with Gasteiger partial charge in [0.15, 0.2) is 6.04 Å². The molecule has 0 aliphatic carbocycles. The van der Waals surface area contributed by atoms with Crippen LogP contribution in [0.3, 0.4) is 0 Å². The second kappa shape index (κ2) is 37.4. The van der Waals surface area contributed by atoms with Crippen LogP contribution in [0.1, 0.15) is 168 Å². The summed E-state index contributed by atoms with van der Waals surface area (Å²) in [6, 6.07) is -1.54. The van der Waals surface area contributed by atoms with Gasteiger partial charge < -0.3 is 25.2 Å². The molecule has 0 spiro atoms. The van der Waals surface area contributed by atoms with Crippen molar-refractivity contribution in [2.24, 2.45) is 0 Å². The van der Waals surface area contributed by atoms with E-state index in [2.05, 4.69) is 67.8 Å². The largest absolute Gasteiger partial charge is 0.480 e. The summed E-state index contributed by atoms with van der Waals surface area (Å²) in [5.74, 6) is -2.40. The molecule has 3 unspecified atom stereocenters. The Morgan fingerprint density at radius 3 is 1.56 bits per heavy atom. The van der Waals surface area contributed by atoms with Crippen molar-refractivity contribution in [1.29, 1.82) is 0 Å². The molecule has 0 saturated heterocycles. The summed E-state index contributed by atoms with van der Waals surface area (Å²) < 4.78 is 26.7. The Morgan fingerprint density at radius 2 is 1.02 bits per heavy atom. The lowest BCUT2D eigenvalue weighted by molar-refractivity contribution is -0.147. The topological polar surface area (TPSA) is 169 Å². The number of carbonyl (C=O) groups excluding carboxylic acids is 2. The third-order valence-corrected chi connectivity index (χ3v) is 9.57. The van der Waals surface area contributed by atoms with Gasteiger partial charge in [-0.2, -0.15) is 0 Å². The molecule has 0 aliphatic heterocycles. The number of aliphatic hydroxyl groups excluding tert-OH is 1. The average Bonchev–Trinajstić information content (AvgIpc) is 3.14.